The minimum Gasteiger partial charge on any atom is -0.492 e. The van der Waals surface area contributed by atoms with Crippen LogP contribution in [0.5, 0.6) is 5.75 Å². The van der Waals surface area contributed by atoms with E-state index < -0.39 is 5.97 Å². The van der Waals surface area contributed by atoms with Crippen LogP contribution in [0.25, 0.3) is 0 Å². The fraction of sp³-hybridized carbons (Fsp3) is 0.278. The Morgan fingerprint density at radius 3 is 2.38 bits per heavy atom. The van der Waals surface area contributed by atoms with Crippen LogP contribution in [0.2, 0.25) is 10.0 Å². The van der Waals surface area contributed by atoms with Crippen molar-refractivity contribution in [2.24, 2.45) is 0 Å². The molecule has 0 amide bonds. The number of benzene rings is 2. The Morgan fingerprint density at radius 1 is 1.08 bits per heavy atom. The van der Waals surface area contributed by atoms with E-state index >= 15 is 0 Å². The van der Waals surface area contributed by atoms with Crippen molar-refractivity contribution in [3.05, 3.63) is 57.1 Å². The Kier molecular flexibility index (Phi) is 6.35. The van der Waals surface area contributed by atoms with Crippen molar-refractivity contribution >= 4 is 34.9 Å². The number of halogens is 2. The summed E-state index contributed by atoms with van der Waals surface area (Å²) in [4.78, 5) is 11.9. The Bertz CT molecular complexity index is 727. The maximum Gasteiger partial charge on any atom is 0.340 e. The van der Waals surface area contributed by atoms with Crippen molar-refractivity contribution in [2.75, 3.05) is 25.6 Å². The second-order valence-corrected chi connectivity index (χ2v) is 6.24. The van der Waals surface area contributed by atoms with Crippen LogP contribution in [0.1, 0.15) is 21.5 Å². The summed E-state index contributed by atoms with van der Waals surface area (Å²) < 4.78 is 10.5. The molecular formula is C18H19Cl2NO3. The monoisotopic (exact) mass is 367 g/mol. The normalized spacial score (nSPS) is 10.4. The van der Waals surface area contributed by atoms with Crippen molar-refractivity contribution in [1.82, 2.24) is 0 Å². The lowest BCUT2D eigenvalue weighted by molar-refractivity contribution is 0.0602. The van der Waals surface area contributed by atoms with Crippen LogP contribution in [-0.4, -0.2) is 26.2 Å². The second kappa shape index (κ2) is 8.27. The van der Waals surface area contributed by atoms with Gasteiger partial charge in [0, 0.05) is 11.6 Å². The van der Waals surface area contributed by atoms with Gasteiger partial charge in [0.1, 0.15) is 12.4 Å². The van der Waals surface area contributed by atoms with Crippen LogP contribution in [0.4, 0.5) is 5.69 Å². The number of rotatable bonds is 6. The highest BCUT2D eigenvalue weighted by atomic mass is 35.5. The van der Waals surface area contributed by atoms with Crippen LogP contribution >= 0.6 is 23.2 Å². The number of esters is 1. The SMILES string of the molecule is COC(=O)c1cc(Cl)cc(Cl)c1NCCOc1cc(C)cc(C)c1. The summed E-state index contributed by atoms with van der Waals surface area (Å²) in [5, 5.41) is 3.84. The van der Waals surface area contributed by atoms with E-state index in [1.165, 1.54) is 13.2 Å². The smallest absolute Gasteiger partial charge is 0.340 e. The minimum absolute atomic E-state index is 0.293. The zero-order valence-corrected chi connectivity index (χ0v) is 15.3. The number of nitrogens with one attached hydrogen (secondary N) is 1. The number of carbonyl (C=O) groups is 1. The highest BCUT2D eigenvalue weighted by Gasteiger charge is 2.16. The summed E-state index contributed by atoms with van der Waals surface area (Å²) in [6, 6.07) is 9.13. The van der Waals surface area contributed by atoms with Gasteiger partial charge in [0.2, 0.25) is 0 Å². The van der Waals surface area contributed by atoms with Crippen molar-refractivity contribution < 1.29 is 14.3 Å². The summed E-state index contributed by atoms with van der Waals surface area (Å²) in [6.45, 7) is 4.93. The Labute approximate surface area is 151 Å². The quantitative estimate of drug-likeness (QED) is 0.583. The molecule has 1 N–H and O–H groups in total. The van der Waals surface area contributed by atoms with E-state index in [2.05, 4.69) is 11.4 Å². The fourth-order valence-electron chi connectivity index (χ4n) is 2.39. The zero-order chi connectivity index (χ0) is 17.7. The molecule has 0 unspecified atom stereocenters. The van der Waals surface area contributed by atoms with Crippen LogP contribution in [0.15, 0.2) is 30.3 Å². The largest absolute Gasteiger partial charge is 0.492 e. The van der Waals surface area contributed by atoms with E-state index in [0.29, 0.717) is 34.4 Å². The van der Waals surface area contributed by atoms with E-state index in [1.807, 2.05) is 26.0 Å². The average molecular weight is 368 g/mol. The molecule has 0 atom stereocenters. The summed E-state index contributed by atoms with van der Waals surface area (Å²) in [5.41, 5.74) is 3.07. The molecule has 0 heterocycles. The topological polar surface area (TPSA) is 47.6 Å². The third kappa shape index (κ3) is 4.79. The van der Waals surface area contributed by atoms with Gasteiger partial charge in [-0.1, -0.05) is 29.3 Å². The maximum absolute atomic E-state index is 11.9. The Morgan fingerprint density at radius 2 is 1.75 bits per heavy atom. The number of ether oxygens (including phenoxy) is 2. The first-order valence-corrected chi connectivity index (χ1v) is 8.18. The Hall–Kier alpha value is -1.91. The lowest BCUT2D eigenvalue weighted by Gasteiger charge is -2.14. The molecule has 128 valence electrons. The highest BCUT2D eigenvalue weighted by Crippen LogP contribution is 2.30. The van der Waals surface area contributed by atoms with Crippen LogP contribution in [0, 0.1) is 13.8 Å². The molecule has 0 fully saturated rings. The predicted molar refractivity (Wildman–Crippen MR) is 97.7 cm³/mol. The summed E-state index contributed by atoms with van der Waals surface area (Å²) in [6.07, 6.45) is 0. The fourth-order valence-corrected chi connectivity index (χ4v) is 2.95. The lowest BCUT2D eigenvalue weighted by atomic mass is 10.1. The molecule has 0 saturated heterocycles. The van der Waals surface area contributed by atoms with Crippen LogP contribution in [-0.2, 0) is 4.74 Å². The third-order valence-corrected chi connectivity index (χ3v) is 3.84. The molecule has 4 nitrogen and oxygen atoms in total. The van der Waals surface area contributed by atoms with Gasteiger partial charge in [-0.25, -0.2) is 4.79 Å². The first-order valence-electron chi connectivity index (χ1n) is 7.43. The molecule has 0 bridgehead atoms. The molecule has 2 aromatic rings. The van der Waals surface area contributed by atoms with Gasteiger partial charge >= 0.3 is 5.97 Å². The second-order valence-electron chi connectivity index (χ2n) is 5.40. The van der Waals surface area contributed by atoms with Crippen molar-refractivity contribution in [3.63, 3.8) is 0 Å². The maximum atomic E-state index is 11.9. The molecule has 6 heteroatoms. The molecule has 0 aromatic heterocycles. The minimum atomic E-state index is -0.503. The molecule has 0 saturated carbocycles. The van der Waals surface area contributed by atoms with Gasteiger partial charge in [-0.15, -0.1) is 0 Å². The number of hydrogen-bond acceptors (Lipinski definition) is 4. The molecule has 2 aromatic carbocycles. The van der Waals surface area contributed by atoms with Gasteiger partial charge in [0.15, 0.2) is 0 Å². The number of aryl methyl sites for hydroxylation is 2. The van der Waals surface area contributed by atoms with E-state index in [1.54, 1.807) is 6.07 Å². The molecule has 0 aliphatic carbocycles. The molecule has 0 spiro atoms. The molecule has 0 aliphatic rings. The van der Waals surface area contributed by atoms with Gasteiger partial charge in [-0.05, 0) is 49.2 Å². The molecular weight excluding hydrogens is 349 g/mol. The first-order chi connectivity index (χ1) is 11.4. The summed E-state index contributed by atoms with van der Waals surface area (Å²) in [5.74, 6) is 0.307. The van der Waals surface area contributed by atoms with Gasteiger partial charge in [-0.3, -0.25) is 0 Å². The summed E-state index contributed by atoms with van der Waals surface area (Å²) >= 11 is 12.1. The van der Waals surface area contributed by atoms with Gasteiger partial charge < -0.3 is 14.8 Å². The lowest BCUT2D eigenvalue weighted by Crippen LogP contribution is -2.15. The van der Waals surface area contributed by atoms with Crippen LogP contribution in [0.3, 0.4) is 0 Å². The Balaban J connectivity index is 2.03. The number of hydrogen-bond donors (Lipinski definition) is 1. The standard InChI is InChI=1S/C18H19Cl2NO3/c1-11-6-12(2)8-14(7-11)24-5-4-21-17-15(18(22)23-3)9-13(19)10-16(17)20/h6-10,21H,4-5H2,1-3H3. The molecule has 24 heavy (non-hydrogen) atoms. The van der Waals surface area contributed by atoms with Crippen LogP contribution < -0.4 is 10.1 Å². The van der Waals surface area contributed by atoms with Gasteiger partial charge in [-0.2, -0.15) is 0 Å². The van der Waals surface area contributed by atoms with Gasteiger partial charge in [0.05, 0.1) is 23.4 Å². The third-order valence-electron chi connectivity index (χ3n) is 3.33. The van der Waals surface area contributed by atoms with Crippen molar-refractivity contribution in [3.8, 4) is 5.75 Å². The zero-order valence-electron chi connectivity index (χ0n) is 13.8. The van der Waals surface area contributed by atoms with Gasteiger partial charge in [0.25, 0.3) is 0 Å². The first kappa shape index (κ1) is 18.4. The average Bonchev–Trinajstić information content (AvgIpc) is 2.50. The highest BCUT2D eigenvalue weighted by molar-refractivity contribution is 6.37. The summed E-state index contributed by atoms with van der Waals surface area (Å²) in [7, 11) is 1.31. The molecule has 0 radical (unpaired) electrons. The number of anilines is 1. The van der Waals surface area contributed by atoms with E-state index in [0.717, 1.165) is 16.9 Å². The molecule has 2 rings (SSSR count). The number of carbonyl (C=O) groups excluding carboxylic acids is 1. The van der Waals surface area contributed by atoms with E-state index in [9.17, 15) is 4.79 Å². The van der Waals surface area contributed by atoms with Crippen molar-refractivity contribution in [1.29, 1.82) is 0 Å². The van der Waals surface area contributed by atoms with E-state index in [4.69, 9.17) is 32.7 Å². The number of methoxy groups -OCH3 is 1. The predicted octanol–water partition coefficient (Wildman–Crippen LogP) is 4.89. The molecule has 0 aliphatic heterocycles. The van der Waals surface area contributed by atoms with E-state index in [-0.39, 0.29) is 0 Å². The van der Waals surface area contributed by atoms with Crippen molar-refractivity contribution in [2.45, 2.75) is 13.8 Å².